The second kappa shape index (κ2) is 7.23. The topological polar surface area (TPSA) is 86.4 Å². The van der Waals surface area contributed by atoms with E-state index in [-0.39, 0.29) is 18.1 Å². The van der Waals surface area contributed by atoms with E-state index in [2.05, 4.69) is 15.0 Å². The highest BCUT2D eigenvalue weighted by atomic mass is 16.5. The summed E-state index contributed by atoms with van der Waals surface area (Å²) in [5, 5.41) is 0. The van der Waals surface area contributed by atoms with Crippen molar-refractivity contribution in [1.82, 2.24) is 15.0 Å². The first-order chi connectivity index (χ1) is 9.69. The van der Waals surface area contributed by atoms with Gasteiger partial charge in [-0.3, -0.25) is 0 Å². The van der Waals surface area contributed by atoms with Crippen molar-refractivity contribution in [2.45, 2.75) is 38.7 Å². The summed E-state index contributed by atoms with van der Waals surface area (Å²) in [6.07, 6.45) is 4.56. The molecule has 2 rings (SSSR count). The van der Waals surface area contributed by atoms with E-state index >= 15 is 0 Å². The molecule has 20 heavy (non-hydrogen) atoms. The lowest BCUT2D eigenvalue weighted by Gasteiger charge is -2.27. The highest BCUT2D eigenvalue weighted by Crippen LogP contribution is 2.17. The Morgan fingerprint density at radius 3 is 2.90 bits per heavy atom. The summed E-state index contributed by atoms with van der Waals surface area (Å²) in [7, 11) is 1.93. The molecule has 0 spiro atoms. The molecule has 1 atom stereocenters. The smallest absolute Gasteiger partial charge is 0.323 e. The Morgan fingerprint density at radius 2 is 2.20 bits per heavy atom. The lowest BCUT2D eigenvalue weighted by atomic mass is 10.1. The number of hydrogen-bond acceptors (Lipinski definition) is 7. The van der Waals surface area contributed by atoms with Crippen LogP contribution in [0.4, 0.5) is 11.9 Å². The van der Waals surface area contributed by atoms with Crippen LogP contribution in [-0.4, -0.2) is 47.9 Å². The molecule has 0 radical (unpaired) electrons. The van der Waals surface area contributed by atoms with Crippen LogP contribution in [0.1, 0.15) is 32.6 Å². The Labute approximate surface area is 119 Å². The molecule has 0 aromatic carbocycles. The van der Waals surface area contributed by atoms with E-state index in [1.165, 1.54) is 6.42 Å². The highest BCUT2D eigenvalue weighted by Gasteiger charge is 2.18. The summed E-state index contributed by atoms with van der Waals surface area (Å²) in [5.41, 5.74) is 5.70. The van der Waals surface area contributed by atoms with Crippen molar-refractivity contribution in [3.63, 3.8) is 0 Å². The molecule has 7 nitrogen and oxygen atoms in total. The van der Waals surface area contributed by atoms with Gasteiger partial charge in [0.15, 0.2) is 0 Å². The number of nitrogen functional groups attached to an aromatic ring is 1. The third kappa shape index (κ3) is 4.19. The van der Waals surface area contributed by atoms with Gasteiger partial charge in [0.05, 0.1) is 12.7 Å². The van der Waals surface area contributed by atoms with Gasteiger partial charge >= 0.3 is 6.01 Å². The zero-order valence-electron chi connectivity index (χ0n) is 12.2. The zero-order chi connectivity index (χ0) is 14.4. The largest absolute Gasteiger partial charge is 0.463 e. The second-order valence-corrected chi connectivity index (χ2v) is 4.99. The summed E-state index contributed by atoms with van der Waals surface area (Å²) in [4.78, 5) is 14.3. The molecular formula is C13H23N5O2. The molecule has 0 saturated carbocycles. The van der Waals surface area contributed by atoms with Crippen LogP contribution >= 0.6 is 0 Å². The summed E-state index contributed by atoms with van der Waals surface area (Å²) in [6.45, 7) is 4.18. The minimum absolute atomic E-state index is 0.178. The number of ether oxygens (including phenoxy) is 2. The first-order valence-corrected chi connectivity index (χ1v) is 7.16. The molecule has 0 aliphatic carbocycles. The summed E-state index contributed by atoms with van der Waals surface area (Å²) in [6, 6.07) is 0.283. The first-order valence-electron chi connectivity index (χ1n) is 7.16. The monoisotopic (exact) mass is 281 g/mol. The number of aromatic nitrogens is 3. The number of nitrogens with zero attached hydrogens (tertiary/aromatic N) is 4. The van der Waals surface area contributed by atoms with Gasteiger partial charge in [0.25, 0.3) is 0 Å². The van der Waals surface area contributed by atoms with Gasteiger partial charge in [-0.2, -0.15) is 15.0 Å². The summed E-state index contributed by atoms with van der Waals surface area (Å²) in [5.74, 6) is 0.704. The van der Waals surface area contributed by atoms with Crippen LogP contribution in [0.3, 0.4) is 0 Å². The summed E-state index contributed by atoms with van der Waals surface area (Å²) >= 11 is 0. The molecule has 112 valence electrons. The molecule has 1 aromatic rings. The molecule has 1 unspecified atom stereocenters. The maximum atomic E-state index is 5.72. The molecule has 7 heteroatoms. The molecule has 0 bridgehead atoms. The SMILES string of the molecule is CCCOc1nc(N)nc(N(C)CC2CCCCO2)n1. The fraction of sp³-hybridized carbons (Fsp3) is 0.769. The van der Waals surface area contributed by atoms with E-state index in [0.29, 0.717) is 12.6 Å². The van der Waals surface area contributed by atoms with Crippen molar-refractivity contribution in [2.75, 3.05) is 37.4 Å². The van der Waals surface area contributed by atoms with E-state index in [1.54, 1.807) is 0 Å². The molecule has 2 heterocycles. The fourth-order valence-corrected chi connectivity index (χ4v) is 2.13. The Bertz CT molecular complexity index is 423. The second-order valence-electron chi connectivity index (χ2n) is 4.99. The maximum absolute atomic E-state index is 5.72. The molecular weight excluding hydrogens is 258 g/mol. The van der Waals surface area contributed by atoms with E-state index in [0.717, 1.165) is 32.4 Å². The minimum atomic E-state index is 0.178. The molecule has 1 aromatic heterocycles. The lowest BCUT2D eigenvalue weighted by molar-refractivity contribution is 0.0214. The minimum Gasteiger partial charge on any atom is -0.463 e. The van der Waals surface area contributed by atoms with Gasteiger partial charge in [-0.1, -0.05) is 6.92 Å². The molecule has 0 amide bonds. The Morgan fingerprint density at radius 1 is 1.35 bits per heavy atom. The van der Waals surface area contributed by atoms with Crippen LogP contribution < -0.4 is 15.4 Å². The number of nitrogens with two attached hydrogens (primary N) is 1. The van der Waals surface area contributed by atoms with Crippen molar-refractivity contribution in [2.24, 2.45) is 0 Å². The van der Waals surface area contributed by atoms with E-state index < -0.39 is 0 Å². The number of likely N-dealkylation sites (N-methyl/N-ethyl adjacent to an activating group) is 1. The molecule has 1 fully saturated rings. The van der Waals surface area contributed by atoms with Gasteiger partial charge in [0.2, 0.25) is 11.9 Å². The van der Waals surface area contributed by atoms with Crippen LogP contribution in [0.5, 0.6) is 6.01 Å². The Balaban J connectivity index is 2.00. The Kier molecular flexibility index (Phi) is 5.34. The fourth-order valence-electron chi connectivity index (χ4n) is 2.13. The van der Waals surface area contributed by atoms with Gasteiger partial charge in [0, 0.05) is 20.2 Å². The van der Waals surface area contributed by atoms with Crippen LogP contribution in [0.15, 0.2) is 0 Å². The average Bonchev–Trinajstić information content (AvgIpc) is 2.45. The number of rotatable bonds is 6. The third-order valence-electron chi connectivity index (χ3n) is 3.15. The predicted molar refractivity (Wildman–Crippen MR) is 76.9 cm³/mol. The van der Waals surface area contributed by atoms with Gasteiger partial charge in [-0.25, -0.2) is 0 Å². The molecule has 1 saturated heterocycles. The number of hydrogen-bond donors (Lipinski definition) is 1. The predicted octanol–water partition coefficient (Wildman–Crippen LogP) is 1.25. The third-order valence-corrected chi connectivity index (χ3v) is 3.15. The normalized spacial score (nSPS) is 18.8. The van der Waals surface area contributed by atoms with Gasteiger partial charge in [-0.15, -0.1) is 0 Å². The maximum Gasteiger partial charge on any atom is 0.323 e. The van der Waals surface area contributed by atoms with Crippen LogP contribution in [0, 0.1) is 0 Å². The van der Waals surface area contributed by atoms with Gasteiger partial charge in [-0.05, 0) is 25.7 Å². The van der Waals surface area contributed by atoms with Crippen LogP contribution in [-0.2, 0) is 4.74 Å². The lowest BCUT2D eigenvalue weighted by Crippen LogP contribution is -2.34. The van der Waals surface area contributed by atoms with Crippen molar-refractivity contribution in [1.29, 1.82) is 0 Å². The van der Waals surface area contributed by atoms with E-state index in [1.807, 2.05) is 18.9 Å². The molecule has 1 aliphatic heterocycles. The molecule has 1 aliphatic rings. The zero-order valence-corrected chi connectivity index (χ0v) is 12.2. The Hall–Kier alpha value is -1.63. The average molecular weight is 281 g/mol. The highest BCUT2D eigenvalue weighted by molar-refractivity contribution is 5.35. The quantitative estimate of drug-likeness (QED) is 0.839. The van der Waals surface area contributed by atoms with Gasteiger partial charge in [0.1, 0.15) is 0 Å². The van der Waals surface area contributed by atoms with Crippen molar-refractivity contribution in [3.8, 4) is 6.01 Å². The van der Waals surface area contributed by atoms with Crippen LogP contribution in [0.25, 0.3) is 0 Å². The van der Waals surface area contributed by atoms with Crippen molar-refractivity contribution >= 4 is 11.9 Å². The first kappa shape index (κ1) is 14.8. The molecule has 2 N–H and O–H groups in total. The van der Waals surface area contributed by atoms with E-state index in [9.17, 15) is 0 Å². The van der Waals surface area contributed by atoms with Crippen molar-refractivity contribution in [3.05, 3.63) is 0 Å². The van der Waals surface area contributed by atoms with E-state index in [4.69, 9.17) is 15.2 Å². The van der Waals surface area contributed by atoms with Crippen LogP contribution in [0.2, 0.25) is 0 Å². The van der Waals surface area contributed by atoms with Gasteiger partial charge < -0.3 is 20.1 Å². The summed E-state index contributed by atoms with van der Waals surface area (Å²) < 4.78 is 11.1. The van der Waals surface area contributed by atoms with Crippen molar-refractivity contribution < 1.29 is 9.47 Å². The number of anilines is 2. The standard InChI is InChI=1S/C13H23N5O2/c1-3-7-20-13-16-11(14)15-12(17-13)18(2)9-10-6-4-5-8-19-10/h10H,3-9H2,1-2H3,(H2,14,15,16,17).